The minimum Gasteiger partial charge on any atom is -0.326 e. The first kappa shape index (κ1) is 16.4. The molecular formula is C13H20N2O4S2. The number of nitrogens with zero attached hydrogens (tertiary/aromatic N) is 1. The summed E-state index contributed by atoms with van der Waals surface area (Å²) in [5.41, 5.74) is 6.30. The Morgan fingerprint density at radius 3 is 2.48 bits per heavy atom. The Morgan fingerprint density at radius 1 is 1.19 bits per heavy atom. The maximum absolute atomic E-state index is 12.3. The average molecular weight is 332 g/mol. The summed E-state index contributed by atoms with van der Waals surface area (Å²) in [6.45, 7) is 1.46. The van der Waals surface area contributed by atoms with E-state index >= 15 is 0 Å². The van der Waals surface area contributed by atoms with Crippen molar-refractivity contribution in [1.82, 2.24) is 4.90 Å². The molecule has 1 fully saturated rings. The van der Waals surface area contributed by atoms with Crippen LogP contribution in [0.2, 0.25) is 0 Å². The Morgan fingerprint density at radius 2 is 1.86 bits per heavy atom. The smallest absolute Gasteiger partial charge is 0.179 e. The second kappa shape index (κ2) is 6.43. The van der Waals surface area contributed by atoms with Crippen LogP contribution >= 0.6 is 0 Å². The van der Waals surface area contributed by atoms with E-state index in [9.17, 15) is 16.8 Å². The largest absolute Gasteiger partial charge is 0.326 e. The molecule has 0 atom stereocenters. The van der Waals surface area contributed by atoms with Crippen LogP contribution in [0.3, 0.4) is 0 Å². The van der Waals surface area contributed by atoms with E-state index in [1.54, 1.807) is 24.3 Å². The minimum atomic E-state index is -3.37. The number of hydrogen-bond acceptors (Lipinski definition) is 6. The van der Waals surface area contributed by atoms with E-state index in [1.165, 1.54) is 0 Å². The number of nitrogens with two attached hydrogens (primary N) is 1. The van der Waals surface area contributed by atoms with Gasteiger partial charge >= 0.3 is 0 Å². The third-order valence-electron chi connectivity index (χ3n) is 3.61. The first-order valence-electron chi connectivity index (χ1n) is 6.77. The first-order valence-corrected chi connectivity index (χ1v) is 10.2. The van der Waals surface area contributed by atoms with E-state index in [2.05, 4.69) is 0 Å². The van der Waals surface area contributed by atoms with Crippen LogP contribution in [0.15, 0.2) is 29.2 Å². The molecule has 1 aromatic carbocycles. The van der Waals surface area contributed by atoms with E-state index in [4.69, 9.17) is 5.73 Å². The third-order valence-corrected chi connectivity index (χ3v) is 6.91. The second-order valence-electron chi connectivity index (χ2n) is 5.16. The van der Waals surface area contributed by atoms with E-state index < -0.39 is 19.7 Å². The van der Waals surface area contributed by atoms with Gasteiger partial charge in [-0.15, -0.1) is 0 Å². The van der Waals surface area contributed by atoms with Gasteiger partial charge in [-0.25, -0.2) is 16.8 Å². The lowest BCUT2D eigenvalue weighted by Gasteiger charge is -2.26. The molecule has 1 heterocycles. The predicted molar refractivity (Wildman–Crippen MR) is 81.5 cm³/mol. The van der Waals surface area contributed by atoms with Gasteiger partial charge in [0.1, 0.15) is 0 Å². The van der Waals surface area contributed by atoms with Crippen LogP contribution in [-0.2, 0) is 26.2 Å². The fourth-order valence-electron chi connectivity index (χ4n) is 2.21. The van der Waals surface area contributed by atoms with Gasteiger partial charge in [-0.2, -0.15) is 0 Å². The Labute approximate surface area is 125 Å². The highest BCUT2D eigenvalue weighted by atomic mass is 32.2. The molecule has 1 aliphatic rings. The van der Waals surface area contributed by atoms with Gasteiger partial charge in [0, 0.05) is 26.2 Å². The highest BCUT2D eigenvalue weighted by Crippen LogP contribution is 2.14. The van der Waals surface area contributed by atoms with Crippen LogP contribution in [0.5, 0.6) is 0 Å². The van der Waals surface area contributed by atoms with E-state index in [-0.39, 0.29) is 22.2 Å². The number of hydrogen-bond donors (Lipinski definition) is 1. The Hall–Kier alpha value is -0.960. The van der Waals surface area contributed by atoms with Crippen LogP contribution in [0.1, 0.15) is 5.56 Å². The van der Waals surface area contributed by atoms with E-state index in [1.807, 2.05) is 4.90 Å². The molecule has 6 nitrogen and oxygen atoms in total. The highest BCUT2D eigenvalue weighted by Gasteiger charge is 2.23. The standard InChI is InChI=1S/C13H20N2O4S2/c14-11-12-2-1-3-13(10-12)21(18,19)9-6-15-4-7-20(16,17)8-5-15/h1-3,10H,4-9,11,14H2. The lowest BCUT2D eigenvalue weighted by Crippen LogP contribution is -2.42. The summed E-state index contributed by atoms with van der Waals surface area (Å²) in [6, 6.07) is 6.63. The van der Waals surface area contributed by atoms with Crippen LogP contribution in [0, 0.1) is 0 Å². The van der Waals surface area contributed by atoms with Crippen molar-refractivity contribution in [2.24, 2.45) is 5.73 Å². The van der Waals surface area contributed by atoms with Gasteiger partial charge < -0.3 is 10.6 Å². The van der Waals surface area contributed by atoms with Gasteiger partial charge in [0.15, 0.2) is 19.7 Å². The van der Waals surface area contributed by atoms with Crippen LogP contribution in [-0.4, -0.2) is 58.6 Å². The topological polar surface area (TPSA) is 97.5 Å². The van der Waals surface area contributed by atoms with Crippen molar-refractivity contribution in [3.8, 4) is 0 Å². The van der Waals surface area contributed by atoms with Crippen molar-refractivity contribution in [2.45, 2.75) is 11.4 Å². The fourth-order valence-corrected chi connectivity index (χ4v) is 4.83. The van der Waals surface area contributed by atoms with E-state index in [0.717, 1.165) is 5.56 Å². The molecule has 2 rings (SSSR count). The molecule has 8 heteroatoms. The molecule has 0 bridgehead atoms. The molecular weight excluding hydrogens is 312 g/mol. The zero-order chi connectivity index (χ0) is 15.5. The summed E-state index contributed by atoms with van der Waals surface area (Å²) >= 11 is 0. The number of rotatable bonds is 5. The molecule has 0 amide bonds. The molecule has 1 aromatic rings. The monoisotopic (exact) mass is 332 g/mol. The molecule has 1 saturated heterocycles. The second-order valence-corrected chi connectivity index (χ2v) is 9.58. The van der Waals surface area contributed by atoms with Gasteiger partial charge in [0.25, 0.3) is 0 Å². The minimum absolute atomic E-state index is 0.0128. The van der Waals surface area contributed by atoms with Crippen molar-refractivity contribution < 1.29 is 16.8 Å². The molecule has 2 N–H and O–H groups in total. The van der Waals surface area contributed by atoms with Crippen LogP contribution in [0.4, 0.5) is 0 Å². The summed E-state index contributed by atoms with van der Waals surface area (Å²) < 4.78 is 47.2. The molecule has 118 valence electrons. The van der Waals surface area contributed by atoms with Crippen molar-refractivity contribution in [3.63, 3.8) is 0 Å². The van der Waals surface area contributed by atoms with Gasteiger partial charge in [-0.3, -0.25) is 0 Å². The Balaban J connectivity index is 1.98. The van der Waals surface area contributed by atoms with E-state index in [0.29, 0.717) is 26.2 Å². The lowest BCUT2D eigenvalue weighted by atomic mass is 10.2. The van der Waals surface area contributed by atoms with Gasteiger partial charge in [-0.05, 0) is 17.7 Å². The third kappa shape index (κ3) is 4.50. The SMILES string of the molecule is NCc1cccc(S(=O)(=O)CCN2CCS(=O)(=O)CC2)c1. The molecule has 0 aliphatic carbocycles. The fraction of sp³-hybridized carbons (Fsp3) is 0.538. The predicted octanol–water partition coefficient (Wildman–Crippen LogP) is -0.351. The Bertz CT molecular complexity index is 685. The maximum Gasteiger partial charge on any atom is 0.179 e. The number of sulfone groups is 2. The Kier molecular flexibility index (Phi) is 5.03. The summed E-state index contributed by atoms with van der Waals surface area (Å²) in [4.78, 5) is 2.15. The molecule has 0 spiro atoms. The van der Waals surface area contributed by atoms with Crippen LogP contribution < -0.4 is 5.73 Å². The average Bonchev–Trinajstić information content (AvgIpc) is 2.46. The van der Waals surface area contributed by atoms with Gasteiger partial charge in [-0.1, -0.05) is 12.1 Å². The molecule has 1 aliphatic heterocycles. The summed E-state index contributed by atoms with van der Waals surface area (Å²) in [7, 11) is -6.30. The molecule has 0 unspecified atom stereocenters. The van der Waals surface area contributed by atoms with Crippen LogP contribution in [0.25, 0.3) is 0 Å². The van der Waals surface area contributed by atoms with Crippen molar-refractivity contribution >= 4 is 19.7 Å². The van der Waals surface area contributed by atoms with Crippen molar-refractivity contribution in [3.05, 3.63) is 29.8 Å². The summed E-state index contributed by atoms with van der Waals surface area (Å²) in [5, 5.41) is 0. The van der Waals surface area contributed by atoms with Crippen molar-refractivity contribution in [1.29, 1.82) is 0 Å². The molecule has 0 aromatic heterocycles. The molecule has 0 radical (unpaired) electrons. The lowest BCUT2D eigenvalue weighted by molar-refractivity contribution is 0.312. The van der Waals surface area contributed by atoms with Gasteiger partial charge in [0.2, 0.25) is 0 Å². The normalized spacial score (nSPS) is 19.5. The maximum atomic E-state index is 12.3. The quantitative estimate of drug-likeness (QED) is 0.791. The van der Waals surface area contributed by atoms with Gasteiger partial charge in [0.05, 0.1) is 22.2 Å². The highest BCUT2D eigenvalue weighted by molar-refractivity contribution is 7.91. The zero-order valence-corrected chi connectivity index (χ0v) is 13.4. The summed E-state index contributed by atoms with van der Waals surface area (Å²) in [5.74, 6) is 0.201. The number of benzene rings is 1. The zero-order valence-electron chi connectivity index (χ0n) is 11.7. The summed E-state index contributed by atoms with van der Waals surface area (Å²) in [6.07, 6.45) is 0. The molecule has 21 heavy (non-hydrogen) atoms. The molecule has 0 saturated carbocycles. The first-order chi connectivity index (χ1) is 9.82. The van der Waals surface area contributed by atoms with Crippen molar-refractivity contribution in [2.75, 3.05) is 36.9 Å².